The van der Waals surface area contributed by atoms with Gasteiger partial charge in [-0.2, -0.15) is 0 Å². The Kier molecular flexibility index (Phi) is 17.7. The molecule has 0 heterocycles. The van der Waals surface area contributed by atoms with Crippen molar-refractivity contribution in [2.24, 2.45) is 0 Å². The van der Waals surface area contributed by atoms with Gasteiger partial charge in [-0.15, -0.1) is 0 Å². The Morgan fingerprint density at radius 2 is 1.12 bits per heavy atom. The molecule has 0 atom stereocenters. The van der Waals surface area contributed by atoms with Crippen LogP contribution in [0.25, 0.3) is 0 Å². The first-order valence-corrected chi connectivity index (χ1v) is 8.35. The normalized spacial score (nSPS) is 9.69. The predicted molar refractivity (Wildman–Crippen MR) is 86.6 cm³/mol. The molecule has 0 saturated carbocycles. The van der Waals surface area contributed by atoms with E-state index in [1.54, 1.807) is 0 Å². The van der Waals surface area contributed by atoms with Crippen LogP contribution < -0.4 is 0 Å². The average Bonchev–Trinajstić information content (AvgIpc) is 2.46. The second kappa shape index (κ2) is 15.7. The number of esters is 2. The SMILES string of the molecule is C=C(C)C(=O)OCCOP(=O)(O)OCCOC(=O)C(=C)C.CC(=O)O.[Cu]. The zero-order valence-electron chi connectivity index (χ0n) is 14.7. The van der Waals surface area contributed by atoms with Gasteiger partial charge in [0.05, 0.1) is 13.2 Å². The zero-order valence-corrected chi connectivity index (χ0v) is 16.5. The fourth-order valence-corrected chi connectivity index (χ4v) is 1.54. The van der Waals surface area contributed by atoms with Gasteiger partial charge >= 0.3 is 19.8 Å². The Morgan fingerprint density at radius 3 is 1.35 bits per heavy atom. The summed E-state index contributed by atoms with van der Waals surface area (Å²) in [7, 11) is -4.29. The topological polar surface area (TPSA) is 146 Å². The minimum atomic E-state index is -4.29. The van der Waals surface area contributed by atoms with E-state index in [0.29, 0.717) is 0 Å². The van der Waals surface area contributed by atoms with Crippen LogP contribution in [0.2, 0.25) is 0 Å². The first-order valence-electron chi connectivity index (χ1n) is 6.85. The summed E-state index contributed by atoms with van der Waals surface area (Å²) in [4.78, 5) is 40.3. The van der Waals surface area contributed by atoms with Crippen molar-refractivity contribution in [1.82, 2.24) is 0 Å². The van der Waals surface area contributed by atoms with E-state index in [1.807, 2.05) is 0 Å². The quantitative estimate of drug-likeness (QED) is 0.166. The molecule has 0 aliphatic heterocycles. The Balaban J connectivity index is -0.000000951. The smallest absolute Gasteiger partial charge is 0.472 e. The third-order valence-corrected chi connectivity index (χ3v) is 2.86. The van der Waals surface area contributed by atoms with E-state index in [2.05, 4.69) is 31.7 Å². The molecule has 1 radical (unpaired) electrons. The van der Waals surface area contributed by atoms with Gasteiger partial charge in [-0.3, -0.25) is 13.8 Å². The Morgan fingerprint density at radius 1 is 0.846 bits per heavy atom. The minimum Gasteiger partial charge on any atom is -0.481 e. The van der Waals surface area contributed by atoms with Gasteiger partial charge in [-0.05, 0) is 13.8 Å². The van der Waals surface area contributed by atoms with Crippen LogP contribution in [0.5, 0.6) is 0 Å². The Hall–Kier alpha value is -1.48. The van der Waals surface area contributed by atoms with Crippen LogP contribution >= 0.6 is 7.82 Å². The van der Waals surface area contributed by atoms with Crippen molar-refractivity contribution in [3.05, 3.63) is 24.3 Å². The first kappa shape index (κ1) is 29.3. The molecule has 12 heteroatoms. The summed E-state index contributed by atoms with van der Waals surface area (Å²) in [5.74, 6) is -2.09. The van der Waals surface area contributed by atoms with E-state index in [9.17, 15) is 19.0 Å². The molecule has 0 bridgehead atoms. The van der Waals surface area contributed by atoms with Crippen molar-refractivity contribution in [3.8, 4) is 0 Å². The van der Waals surface area contributed by atoms with Crippen molar-refractivity contribution < 1.29 is 64.5 Å². The molecule has 0 aromatic rings. The number of ether oxygens (including phenoxy) is 2. The van der Waals surface area contributed by atoms with Gasteiger partial charge in [0.1, 0.15) is 13.2 Å². The second-order valence-corrected chi connectivity index (χ2v) is 5.94. The van der Waals surface area contributed by atoms with E-state index in [4.69, 9.17) is 9.90 Å². The number of carboxylic acid groups (broad SMARTS) is 1. The van der Waals surface area contributed by atoms with Gasteiger partial charge in [0, 0.05) is 35.1 Å². The van der Waals surface area contributed by atoms with E-state index < -0.39 is 25.7 Å². The third-order valence-electron chi connectivity index (χ3n) is 1.84. The van der Waals surface area contributed by atoms with E-state index in [-0.39, 0.29) is 54.6 Å². The summed E-state index contributed by atoms with van der Waals surface area (Å²) in [6, 6.07) is 0. The number of phosphoric ester groups is 1. The van der Waals surface area contributed by atoms with E-state index >= 15 is 0 Å². The molecule has 10 nitrogen and oxygen atoms in total. The monoisotopic (exact) mass is 445 g/mol. The van der Waals surface area contributed by atoms with Crippen LogP contribution in [0.15, 0.2) is 24.3 Å². The summed E-state index contributed by atoms with van der Waals surface area (Å²) >= 11 is 0. The van der Waals surface area contributed by atoms with E-state index in [1.165, 1.54) is 13.8 Å². The van der Waals surface area contributed by atoms with Crippen LogP contribution in [-0.2, 0) is 54.5 Å². The van der Waals surface area contributed by atoms with Crippen LogP contribution in [-0.4, -0.2) is 54.3 Å². The molecule has 0 saturated heterocycles. The van der Waals surface area contributed by atoms with Crippen molar-refractivity contribution in [1.29, 1.82) is 0 Å². The fraction of sp³-hybridized carbons (Fsp3) is 0.500. The molecular weight excluding hydrogens is 423 g/mol. The maximum Gasteiger partial charge on any atom is 0.472 e. The number of aliphatic carboxylic acids is 1. The number of hydrogen-bond donors (Lipinski definition) is 2. The number of phosphoric acid groups is 1. The van der Waals surface area contributed by atoms with Gasteiger partial charge in [0.15, 0.2) is 0 Å². The summed E-state index contributed by atoms with van der Waals surface area (Å²) in [6.45, 7) is 9.67. The number of rotatable bonds is 10. The van der Waals surface area contributed by atoms with Crippen molar-refractivity contribution in [3.63, 3.8) is 0 Å². The van der Waals surface area contributed by atoms with E-state index in [0.717, 1.165) is 6.92 Å². The van der Waals surface area contributed by atoms with Crippen LogP contribution in [0, 0.1) is 0 Å². The Bertz CT molecular complexity index is 504. The van der Waals surface area contributed by atoms with Crippen molar-refractivity contribution >= 4 is 25.7 Å². The Labute approximate surface area is 162 Å². The molecule has 0 aromatic heterocycles. The molecule has 2 N–H and O–H groups in total. The molecule has 26 heavy (non-hydrogen) atoms. The summed E-state index contributed by atoms with van der Waals surface area (Å²) in [5.41, 5.74) is 0.413. The molecule has 155 valence electrons. The van der Waals surface area contributed by atoms with Crippen LogP contribution in [0.1, 0.15) is 20.8 Å². The zero-order chi connectivity index (χ0) is 20.0. The molecule has 0 amide bonds. The summed E-state index contributed by atoms with van der Waals surface area (Å²) < 4.78 is 29.7. The van der Waals surface area contributed by atoms with Gasteiger partial charge in [0.2, 0.25) is 0 Å². The van der Waals surface area contributed by atoms with Gasteiger partial charge in [0.25, 0.3) is 5.97 Å². The molecule has 0 aliphatic carbocycles. The fourth-order valence-electron chi connectivity index (χ4n) is 0.858. The van der Waals surface area contributed by atoms with Crippen molar-refractivity contribution in [2.75, 3.05) is 26.4 Å². The maximum absolute atomic E-state index is 11.4. The summed E-state index contributed by atoms with van der Waals surface area (Å²) in [5, 5.41) is 7.42. The third kappa shape index (κ3) is 20.6. The molecular formula is C14H23CuO10P. The van der Waals surface area contributed by atoms with Gasteiger partial charge < -0.3 is 19.5 Å². The first-order chi connectivity index (χ1) is 11.4. The molecule has 0 rings (SSSR count). The molecule has 0 aliphatic rings. The summed E-state index contributed by atoms with van der Waals surface area (Å²) in [6.07, 6.45) is 0. The van der Waals surface area contributed by atoms with Gasteiger partial charge in [-0.1, -0.05) is 13.2 Å². The maximum atomic E-state index is 11.4. The van der Waals surface area contributed by atoms with Crippen LogP contribution in [0.3, 0.4) is 0 Å². The second-order valence-electron chi connectivity index (χ2n) is 4.49. The standard InChI is InChI=1S/C12H19O8P.C2H4O2.Cu/c1-9(2)11(13)17-5-7-19-21(15,16)20-8-6-18-12(14)10(3)4;1-2(3)4;/h1,3,5-8H2,2,4H3,(H,15,16);1H3,(H,3,4);. The number of carbonyl (C=O) groups excluding carboxylic acids is 2. The molecule has 0 aromatic carbocycles. The minimum absolute atomic E-state index is 0. The van der Waals surface area contributed by atoms with Gasteiger partial charge in [-0.25, -0.2) is 14.2 Å². The van der Waals surface area contributed by atoms with Crippen LogP contribution in [0.4, 0.5) is 0 Å². The number of hydrogen-bond acceptors (Lipinski definition) is 8. The average molecular weight is 446 g/mol. The largest absolute Gasteiger partial charge is 0.481 e. The number of carbonyl (C=O) groups is 3. The van der Waals surface area contributed by atoms with Crippen molar-refractivity contribution in [2.45, 2.75) is 20.8 Å². The predicted octanol–water partition coefficient (Wildman–Crippen LogP) is 1.45. The molecule has 0 spiro atoms. The molecule has 0 unspecified atom stereocenters. The molecule has 0 fully saturated rings. The number of carboxylic acids is 1.